The molecule has 1 aromatic carbocycles. The van der Waals surface area contributed by atoms with Gasteiger partial charge in [0.15, 0.2) is 0 Å². The summed E-state index contributed by atoms with van der Waals surface area (Å²) in [4.78, 5) is 12.9. The number of carbonyl (C=O) groups is 1. The van der Waals surface area contributed by atoms with Gasteiger partial charge in [0.2, 0.25) is 5.91 Å². The first kappa shape index (κ1) is 16.2. The van der Waals surface area contributed by atoms with Gasteiger partial charge in [0, 0.05) is 37.1 Å². The van der Waals surface area contributed by atoms with E-state index >= 15 is 0 Å². The predicted octanol–water partition coefficient (Wildman–Crippen LogP) is 2.21. The Balaban J connectivity index is 0.00000256. The first-order chi connectivity index (χ1) is 7.56. The van der Waals surface area contributed by atoms with Gasteiger partial charge in [-0.1, -0.05) is 17.7 Å². The van der Waals surface area contributed by atoms with Crippen LogP contribution in [0.15, 0.2) is 18.2 Å². The molecule has 0 heterocycles. The van der Waals surface area contributed by atoms with E-state index in [1.807, 2.05) is 0 Å². The van der Waals surface area contributed by atoms with Gasteiger partial charge < -0.3 is 10.6 Å². The molecule has 0 saturated heterocycles. The fourth-order valence-electron chi connectivity index (χ4n) is 1.32. The highest BCUT2D eigenvalue weighted by Crippen LogP contribution is 2.20. The molecule has 0 fully saturated rings. The van der Waals surface area contributed by atoms with Crippen molar-refractivity contribution in [1.82, 2.24) is 4.90 Å². The van der Waals surface area contributed by atoms with E-state index in [0.29, 0.717) is 10.6 Å². The van der Waals surface area contributed by atoms with Crippen molar-refractivity contribution in [2.45, 2.75) is 13.0 Å². The van der Waals surface area contributed by atoms with Crippen LogP contribution in [-0.2, 0) is 11.3 Å². The molecular weight excluding hydrogens is 266 g/mol. The lowest BCUT2D eigenvalue weighted by molar-refractivity contribution is -0.130. The summed E-state index contributed by atoms with van der Waals surface area (Å²) < 4.78 is 13.4. The Morgan fingerprint density at radius 1 is 1.53 bits per heavy atom. The van der Waals surface area contributed by atoms with E-state index in [0.717, 1.165) is 0 Å². The fraction of sp³-hybridized carbons (Fsp3) is 0.364. The summed E-state index contributed by atoms with van der Waals surface area (Å²) in [6.45, 7) is 0.443. The van der Waals surface area contributed by atoms with Crippen molar-refractivity contribution in [3.8, 4) is 0 Å². The third-order valence-corrected chi connectivity index (χ3v) is 2.60. The molecule has 0 aliphatic heterocycles. The van der Waals surface area contributed by atoms with E-state index in [4.69, 9.17) is 17.3 Å². The minimum absolute atomic E-state index is 0. The van der Waals surface area contributed by atoms with Crippen LogP contribution in [0, 0.1) is 5.82 Å². The van der Waals surface area contributed by atoms with E-state index in [1.165, 1.54) is 17.0 Å². The van der Waals surface area contributed by atoms with Gasteiger partial charge in [0.25, 0.3) is 0 Å². The van der Waals surface area contributed by atoms with Gasteiger partial charge in [-0.05, 0) is 12.1 Å². The largest absolute Gasteiger partial charge is 0.341 e. The van der Waals surface area contributed by atoms with Crippen LogP contribution in [-0.4, -0.2) is 24.4 Å². The van der Waals surface area contributed by atoms with Crippen molar-refractivity contribution in [2.24, 2.45) is 5.73 Å². The van der Waals surface area contributed by atoms with Gasteiger partial charge in [-0.3, -0.25) is 4.79 Å². The first-order valence-electron chi connectivity index (χ1n) is 4.93. The number of carbonyl (C=O) groups excluding carboxylic acids is 1. The van der Waals surface area contributed by atoms with Crippen LogP contribution in [0.4, 0.5) is 4.39 Å². The average molecular weight is 281 g/mol. The second-order valence-corrected chi connectivity index (χ2v) is 3.90. The van der Waals surface area contributed by atoms with Crippen LogP contribution in [0.25, 0.3) is 0 Å². The number of halogens is 3. The molecule has 17 heavy (non-hydrogen) atoms. The lowest BCUT2D eigenvalue weighted by atomic mass is 10.2. The third kappa shape index (κ3) is 4.50. The zero-order valence-corrected chi connectivity index (χ0v) is 11.0. The van der Waals surface area contributed by atoms with E-state index in [-0.39, 0.29) is 37.8 Å². The third-order valence-electron chi connectivity index (χ3n) is 2.24. The van der Waals surface area contributed by atoms with Crippen molar-refractivity contribution in [1.29, 1.82) is 0 Å². The normalized spacial score (nSPS) is 9.65. The molecule has 0 saturated carbocycles. The molecule has 2 N–H and O–H groups in total. The molecule has 0 aliphatic rings. The Morgan fingerprint density at radius 2 is 2.18 bits per heavy atom. The summed E-state index contributed by atoms with van der Waals surface area (Å²) in [5, 5.41) is 0.326. The second-order valence-electron chi connectivity index (χ2n) is 3.49. The van der Waals surface area contributed by atoms with Crippen LogP contribution >= 0.6 is 24.0 Å². The fourth-order valence-corrected chi connectivity index (χ4v) is 1.55. The second kappa shape index (κ2) is 7.48. The minimum Gasteiger partial charge on any atom is -0.341 e. The monoisotopic (exact) mass is 280 g/mol. The van der Waals surface area contributed by atoms with Gasteiger partial charge >= 0.3 is 0 Å². The van der Waals surface area contributed by atoms with Gasteiger partial charge in [-0.2, -0.15) is 0 Å². The van der Waals surface area contributed by atoms with E-state index in [2.05, 4.69) is 0 Å². The summed E-state index contributed by atoms with van der Waals surface area (Å²) in [7, 11) is 1.60. The minimum atomic E-state index is -0.403. The maximum atomic E-state index is 13.4. The SMILES string of the molecule is CN(Cc1c(F)cccc1Cl)C(=O)CCN.Cl. The zero-order valence-electron chi connectivity index (χ0n) is 9.45. The molecule has 0 atom stereocenters. The summed E-state index contributed by atoms with van der Waals surface area (Å²) in [6, 6.07) is 4.45. The quantitative estimate of drug-likeness (QED) is 0.919. The molecule has 1 aromatic rings. The Morgan fingerprint density at radius 3 is 2.71 bits per heavy atom. The van der Waals surface area contributed by atoms with Crippen LogP contribution in [0.2, 0.25) is 5.02 Å². The van der Waals surface area contributed by atoms with Crippen LogP contribution in [0.3, 0.4) is 0 Å². The van der Waals surface area contributed by atoms with Crippen molar-refractivity contribution in [3.63, 3.8) is 0 Å². The van der Waals surface area contributed by atoms with Gasteiger partial charge in [-0.15, -0.1) is 12.4 Å². The highest BCUT2D eigenvalue weighted by atomic mass is 35.5. The van der Waals surface area contributed by atoms with Crippen molar-refractivity contribution < 1.29 is 9.18 Å². The van der Waals surface area contributed by atoms with Gasteiger partial charge in [-0.25, -0.2) is 4.39 Å². The molecule has 0 radical (unpaired) electrons. The molecule has 0 aliphatic carbocycles. The Labute approximate surface area is 111 Å². The van der Waals surface area contributed by atoms with E-state index < -0.39 is 5.82 Å². The Kier molecular flexibility index (Phi) is 7.11. The van der Waals surface area contributed by atoms with Crippen molar-refractivity contribution >= 4 is 29.9 Å². The lowest BCUT2D eigenvalue weighted by Gasteiger charge is -2.18. The smallest absolute Gasteiger partial charge is 0.223 e. The number of hydrogen-bond acceptors (Lipinski definition) is 2. The predicted molar refractivity (Wildman–Crippen MR) is 68.8 cm³/mol. The van der Waals surface area contributed by atoms with Gasteiger partial charge in [0.05, 0.1) is 0 Å². The maximum absolute atomic E-state index is 13.4. The zero-order chi connectivity index (χ0) is 12.1. The molecule has 0 bridgehead atoms. The van der Waals surface area contributed by atoms with Crippen LogP contribution < -0.4 is 5.73 Å². The van der Waals surface area contributed by atoms with Gasteiger partial charge in [0.1, 0.15) is 5.82 Å². The molecule has 1 amide bonds. The van der Waals surface area contributed by atoms with Crippen LogP contribution in [0.1, 0.15) is 12.0 Å². The number of nitrogens with two attached hydrogens (primary N) is 1. The Hall–Kier alpha value is -0.840. The average Bonchev–Trinajstić information content (AvgIpc) is 2.23. The summed E-state index contributed by atoms with van der Waals surface area (Å²) >= 11 is 5.85. The molecule has 3 nitrogen and oxygen atoms in total. The molecular formula is C11H15Cl2FN2O. The molecule has 6 heteroatoms. The van der Waals surface area contributed by atoms with E-state index in [9.17, 15) is 9.18 Å². The highest BCUT2D eigenvalue weighted by Gasteiger charge is 2.13. The molecule has 1 rings (SSSR count). The number of hydrogen-bond donors (Lipinski definition) is 1. The summed E-state index contributed by atoms with van der Waals surface area (Å²) in [5.74, 6) is -0.526. The topological polar surface area (TPSA) is 46.3 Å². The van der Waals surface area contributed by atoms with Crippen LogP contribution in [0.5, 0.6) is 0 Å². The van der Waals surface area contributed by atoms with E-state index in [1.54, 1.807) is 13.1 Å². The lowest BCUT2D eigenvalue weighted by Crippen LogP contribution is -2.28. The molecule has 96 valence electrons. The molecule has 0 unspecified atom stereocenters. The molecule has 0 spiro atoms. The number of nitrogens with zero attached hydrogens (tertiary/aromatic N) is 1. The number of benzene rings is 1. The maximum Gasteiger partial charge on any atom is 0.223 e. The Bertz CT molecular complexity index is 367. The van der Waals surface area contributed by atoms with Crippen molar-refractivity contribution in [3.05, 3.63) is 34.6 Å². The first-order valence-corrected chi connectivity index (χ1v) is 5.31. The highest BCUT2D eigenvalue weighted by molar-refractivity contribution is 6.31. The van der Waals surface area contributed by atoms with Crippen molar-refractivity contribution in [2.75, 3.05) is 13.6 Å². The number of rotatable bonds is 4. The molecule has 0 aromatic heterocycles. The standard InChI is InChI=1S/C11H14ClFN2O.ClH/c1-15(11(16)5-6-14)7-8-9(12)3-2-4-10(8)13;/h2-4H,5-7,14H2,1H3;1H. The summed E-state index contributed by atoms with van der Waals surface area (Å²) in [6.07, 6.45) is 0.253. The number of amides is 1. The summed E-state index contributed by atoms with van der Waals surface area (Å²) in [5.41, 5.74) is 5.60.